The molecular formula is C55H38N2. The summed E-state index contributed by atoms with van der Waals surface area (Å²) in [4.78, 5) is 5.54. The van der Waals surface area contributed by atoms with Gasteiger partial charge >= 0.3 is 0 Å². The van der Waals surface area contributed by atoms with Crippen LogP contribution in [0.25, 0.3) is 60.1 Å². The van der Waals surface area contributed by atoms with Gasteiger partial charge in [-0.1, -0.05) is 158 Å². The molecule has 1 aromatic heterocycles. The SMILES string of the molecule is C1=CC(c2cccc3c2Cc2ccc4ccccc4c2-3)=CC(c2ccc3c(c2)c2c4ccccc4ccc2n3C2=Nc3ccccc3C3C2C3c2ccccc2)C1. The number of aliphatic imine (C=N–C) groups is 1. The highest BCUT2D eigenvalue weighted by Crippen LogP contribution is 2.65. The molecule has 13 rings (SSSR count). The third-order valence-corrected chi connectivity index (χ3v) is 13.6. The maximum atomic E-state index is 5.54. The quantitative estimate of drug-likeness (QED) is 0.172. The normalized spacial score (nSPS) is 20.3. The topological polar surface area (TPSA) is 17.3 Å². The van der Waals surface area contributed by atoms with Crippen molar-refractivity contribution >= 4 is 60.4 Å². The summed E-state index contributed by atoms with van der Waals surface area (Å²) in [6.45, 7) is 0. The highest BCUT2D eigenvalue weighted by atomic mass is 15.1. The van der Waals surface area contributed by atoms with Gasteiger partial charge in [0.05, 0.1) is 16.7 Å². The summed E-state index contributed by atoms with van der Waals surface area (Å²) in [5, 5.41) is 7.86. The van der Waals surface area contributed by atoms with Gasteiger partial charge in [0, 0.05) is 34.4 Å². The fourth-order valence-corrected chi connectivity index (χ4v) is 11.0. The van der Waals surface area contributed by atoms with Gasteiger partial charge in [-0.05, 0) is 109 Å². The van der Waals surface area contributed by atoms with E-state index < -0.39 is 0 Å². The summed E-state index contributed by atoms with van der Waals surface area (Å²) in [6, 6.07) is 61.1. The van der Waals surface area contributed by atoms with Crippen LogP contribution in [0.1, 0.15) is 57.6 Å². The van der Waals surface area contributed by atoms with Crippen LogP contribution in [-0.4, -0.2) is 10.4 Å². The van der Waals surface area contributed by atoms with E-state index in [-0.39, 0.29) is 5.92 Å². The second-order valence-electron chi connectivity index (χ2n) is 16.5. The van der Waals surface area contributed by atoms with Crippen molar-refractivity contribution in [2.75, 3.05) is 0 Å². The van der Waals surface area contributed by atoms with Crippen molar-refractivity contribution < 1.29 is 0 Å². The Kier molecular flexibility index (Phi) is 6.55. The molecular weight excluding hydrogens is 689 g/mol. The number of rotatable bonds is 3. The van der Waals surface area contributed by atoms with Crippen LogP contribution in [0.3, 0.4) is 0 Å². The van der Waals surface area contributed by atoms with Gasteiger partial charge in [0.15, 0.2) is 0 Å². The first-order valence-corrected chi connectivity index (χ1v) is 20.5. The van der Waals surface area contributed by atoms with Gasteiger partial charge in [-0.2, -0.15) is 0 Å². The van der Waals surface area contributed by atoms with E-state index in [1.165, 1.54) is 99.3 Å². The van der Waals surface area contributed by atoms with Gasteiger partial charge in [0.2, 0.25) is 0 Å². The summed E-state index contributed by atoms with van der Waals surface area (Å²) < 4.78 is 2.52. The molecule has 268 valence electrons. The van der Waals surface area contributed by atoms with Crippen LogP contribution in [0.2, 0.25) is 0 Å². The number of para-hydroxylation sites is 1. The molecule has 9 aromatic rings. The molecule has 57 heavy (non-hydrogen) atoms. The monoisotopic (exact) mass is 726 g/mol. The number of hydrogen-bond acceptors (Lipinski definition) is 1. The highest BCUT2D eigenvalue weighted by Gasteiger charge is 2.57. The van der Waals surface area contributed by atoms with Crippen LogP contribution in [0.4, 0.5) is 5.69 Å². The standard InChI is InChI=1S/C55H38N2/c1-2-14-35(15-3-1)51-53-44-20-8-9-23-47(44)56-55(54(51)53)57-48-28-27-37(31-46(48)52-42-19-7-5-13-34(42)26-29-49(52)57)36-16-10-17-38(30-36)40-21-11-22-43-45(40)32-39-25-24-33-12-4-6-18-41(33)50(39)43/h1-15,17-31,36,51,53-54H,16,32H2. The minimum atomic E-state index is 0.275. The van der Waals surface area contributed by atoms with Crippen LogP contribution in [0.5, 0.6) is 0 Å². The smallest absolute Gasteiger partial charge is 0.118 e. The molecule has 2 heterocycles. The molecule has 0 N–H and O–H groups in total. The molecule has 2 heteroatoms. The minimum Gasteiger partial charge on any atom is -0.297 e. The van der Waals surface area contributed by atoms with Gasteiger partial charge in [-0.3, -0.25) is 4.57 Å². The largest absolute Gasteiger partial charge is 0.297 e. The van der Waals surface area contributed by atoms with Crippen molar-refractivity contribution in [1.29, 1.82) is 0 Å². The maximum absolute atomic E-state index is 5.54. The zero-order valence-corrected chi connectivity index (χ0v) is 31.4. The number of hydrogen-bond donors (Lipinski definition) is 0. The summed E-state index contributed by atoms with van der Waals surface area (Å²) >= 11 is 0. The molecule has 4 atom stereocenters. The Morgan fingerprint density at radius 3 is 2.21 bits per heavy atom. The van der Waals surface area contributed by atoms with E-state index >= 15 is 0 Å². The lowest BCUT2D eigenvalue weighted by Gasteiger charge is -2.20. The van der Waals surface area contributed by atoms with Crippen molar-refractivity contribution in [1.82, 2.24) is 4.57 Å². The van der Waals surface area contributed by atoms with Gasteiger partial charge in [-0.25, -0.2) is 4.99 Å². The maximum Gasteiger partial charge on any atom is 0.118 e. The second-order valence-corrected chi connectivity index (χ2v) is 16.5. The molecule has 0 amide bonds. The van der Waals surface area contributed by atoms with E-state index in [1.807, 2.05) is 0 Å². The van der Waals surface area contributed by atoms with E-state index in [4.69, 9.17) is 4.99 Å². The van der Waals surface area contributed by atoms with E-state index in [0.29, 0.717) is 17.8 Å². The predicted molar refractivity (Wildman–Crippen MR) is 238 cm³/mol. The Bertz CT molecular complexity index is 3260. The summed E-state index contributed by atoms with van der Waals surface area (Å²) in [5.41, 5.74) is 16.1. The van der Waals surface area contributed by atoms with Crippen molar-refractivity contribution in [3.8, 4) is 11.1 Å². The first-order chi connectivity index (χ1) is 28.3. The molecule has 1 saturated carbocycles. The third kappa shape index (κ3) is 4.56. The Hall–Kier alpha value is -6.77. The lowest BCUT2D eigenvalue weighted by Crippen LogP contribution is -2.17. The van der Waals surface area contributed by atoms with Crippen LogP contribution in [-0.2, 0) is 6.42 Å². The van der Waals surface area contributed by atoms with Crippen LogP contribution in [0.15, 0.2) is 187 Å². The molecule has 0 spiro atoms. The van der Waals surface area contributed by atoms with E-state index in [1.54, 1.807) is 0 Å². The second kappa shape index (κ2) is 11.9. The van der Waals surface area contributed by atoms with Crippen LogP contribution in [0, 0.1) is 5.92 Å². The summed E-state index contributed by atoms with van der Waals surface area (Å²) in [6.07, 6.45) is 9.25. The summed E-state index contributed by atoms with van der Waals surface area (Å²) in [7, 11) is 0. The minimum absolute atomic E-state index is 0.275. The average molecular weight is 727 g/mol. The Balaban J connectivity index is 0.966. The zero-order chi connectivity index (χ0) is 37.2. The number of fused-ring (bicyclic) bond motifs is 13. The fraction of sp³-hybridized carbons (Fsp3) is 0.109. The number of allylic oxidation sites excluding steroid dienone is 4. The summed E-state index contributed by atoms with van der Waals surface area (Å²) in [5.74, 6) is 2.59. The Morgan fingerprint density at radius 2 is 1.30 bits per heavy atom. The molecule has 8 aromatic carbocycles. The molecule has 1 aliphatic heterocycles. The van der Waals surface area contributed by atoms with Gasteiger partial charge in [0.1, 0.15) is 5.84 Å². The third-order valence-electron chi connectivity index (χ3n) is 13.6. The Morgan fingerprint density at radius 1 is 0.544 bits per heavy atom. The van der Waals surface area contributed by atoms with Crippen molar-refractivity contribution in [3.05, 3.63) is 215 Å². The van der Waals surface area contributed by atoms with Crippen LogP contribution >= 0.6 is 0 Å². The van der Waals surface area contributed by atoms with E-state index in [2.05, 4.69) is 187 Å². The van der Waals surface area contributed by atoms with Gasteiger partial charge < -0.3 is 0 Å². The van der Waals surface area contributed by atoms with E-state index in [0.717, 1.165) is 18.5 Å². The lowest BCUT2D eigenvalue weighted by molar-refractivity contribution is 0.858. The van der Waals surface area contributed by atoms with Crippen molar-refractivity contribution in [2.24, 2.45) is 10.9 Å². The first-order valence-electron chi connectivity index (χ1n) is 20.5. The first kappa shape index (κ1) is 31.4. The highest BCUT2D eigenvalue weighted by molar-refractivity contribution is 6.24. The van der Waals surface area contributed by atoms with E-state index in [9.17, 15) is 0 Å². The average Bonchev–Trinajstić information content (AvgIpc) is 3.78. The molecule has 3 aliphatic carbocycles. The molecule has 4 aliphatic rings. The number of aromatic nitrogens is 1. The number of nitrogens with zero attached hydrogens (tertiary/aromatic N) is 2. The van der Waals surface area contributed by atoms with Gasteiger partial charge in [-0.15, -0.1) is 0 Å². The molecule has 0 saturated heterocycles. The fourth-order valence-electron chi connectivity index (χ4n) is 11.0. The molecule has 4 unspecified atom stereocenters. The molecule has 0 bridgehead atoms. The molecule has 0 radical (unpaired) electrons. The van der Waals surface area contributed by atoms with Crippen molar-refractivity contribution in [2.45, 2.75) is 30.6 Å². The number of benzene rings is 8. The Labute approximate surface area is 331 Å². The predicted octanol–water partition coefficient (Wildman–Crippen LogP) is 13.9. The molecule has 1 fully saturated rings. The zero-order valence-electron chi connectivity index (χ0n) is 31.4. The van der Waals surface area contributed by atoms with Crippen LogP contribution < -0.4 is 0 Å². The van der Waals surface area contributed by atoms with Gasteiger partial charge in [0.25, 0.3) is 0 Å². The van der Waals surface area contributed by atoms with Crippen molar-refractivity contribution in [3.63, 3.8) is 0 Å². The molecule has 2 nitrogen and oxygen atoms in total. The lowest BCUT2D eigenvalue weighted by atomic mass is 9.85.